The zero-order chi connectivity index (χ0) is 23.3. The Morgan fingerprint density at radius 2 is 1.88 bits per heavy atom. The predicted molar refractivity (Wildman–Crippen MR) is 127 cm³/mol. The molecule has 0 fully saturated rings. The number of hydrogen-bond acceptors (Lipinski definition) is 5. The molecule has 0 saturated heterocycles. The summed E-state index contributed by atoms with van der Waals surface area (Å²) in [6.07, 6.45) is -0.269. The molecular weight excluding hydrogens is 476 g/mol. The van der Waals surface area contributed by atoms with E-state index in [9.17, 15) is 14.3 Å². The molecule has 32 heavy (non-hydrogen) atoms. The second kappa shape index (κ2) is 10.5. The molecule has 3 aromatic rings. The molecule has 1 aromatic heterocycles. The number of benzene rings is 2. The van der Waals surface area contributed by atoms with E-state index in [1.807, 2.05) is 0 Å². The number of nitrogens with one attached hydrogen (secondary N) is 3. The van der Waals surface area contributed by atoms with E-state index in [2.05, 4.69) is 25.9 Å². The van der Waals surface area contributed by atoms with Crippen molar-refractivity contribution in [3.8, 4) is 0 Å². The van der Waals surface area contributed by atoms with Gasteiger partial charge in [-0.05, 0) is 61.1 Å². The molecule has 1 heterocycles. The molecule has 0 bridgehead atoms. The first kappa shape index (κ1) is 23.6. The number of hydrogen-bond donors (Lipinski definition) is 4. The Balaban J connectivity index is 1.75. The number of nitrogens with zero attached hydrogens (tertiary/aromatic N) is 2. The van der Waals surface area contributed by atoms with E-state index >= 15 is 0 Å². The molecule has 3 rings (SSSR count). The SMILES string of the molecule is Cc1cc(Nc2ccc(F)cc2)nc(NC(=S)NC(CC(=O)O)c2ccc(Cl)cc2Cl)n1. The molecule has 0 spiro atoms. The summed E-state index contributed by atoms with van der Waals surface area (Å²) in [7, 11) is 0. The number of anilines is 3. The van der Waals surface area contributed by atoms with E-state index in [4.69, 9.17) is 35.4 Å². The van der Waals surface area contributed by atoms with Crippen LogP contribution < -0.4 is 16.0 Å². The van der Waals surface area contributed by atoms with E-state index < -0.39 is 12.0 Å². The van der Waals surface area contributed by atoms with E-state index in [0.717, 1.165) is 0 Å². The molecule has 0 saturated carbocycles. The number of aryl methyl sites for hydroxylation is 1. The quantitative estimate of drug-likeness (QED) is 0.321. The first-order valence-corrected chi connectivity index (χ1v) is 10.5. The van der Waals surface area contributed by atoms with Gasteiger partial charge in [0, 0.05) is 27.5 Å². The second-order valence-corrected chi connectivity index (χ2v) is 8.02. The van der Waals surface area contributed by atoms with Gasteiger partial charge < -0.3 is 21.1 Å². The highest BCUT2D eigenvalue weighted by Crippen LogP contribution is 2.28. The Bertz CT molecular complexity index is 1150. The van der Waals surface area contributed by atoms with Crippen molar-refractivity contribution in [3.05, 3.63) is 75.7 Å². The van der Waals surface area contributed by atoms with Crippen molar-refractivity contribution in [2.75, 3.05) is 10.6 Å². The largest absolute Gasteiger partial charge is 0.481 e. The minimum atomic E-state index is -1.03. The predicted octanol–water partition coefficient (Wildman–Crippen LogP) is 5.48. The maximum atomic E-state index is 13.1. The molecule has 2 aromatic carbocycles. The Kier molecular flexibility index (Phi) is 7.79. The maximum Gasteiger partial charge on any atom is 0.305 e. The fourth-order valence-electron chi connectivity index (χ4n) is 2.86. The molecule has 0 radical (unpaired) electrons. The van der Waals surface area contributed by atoms with Crippen LogP contribution in [0.15, 0.2) is 48.5 Å². The van der Waals surface area contributed by atoms with Crippen molar-refractivity contribution in [3.63, 3.8) is 0 Å². The highest BCUT2D eigenvalue weighted by atomic mass is 35.5. The van der Waals surface area contributed by atoms with Crippen molar-refractivity contribution in [1.82, 2.24) is 15.3 Å². The molecule has 7 nitrogen and oxygen atoms in total. The number of aliphatic carboxylic acids is 1. The number of carboxylic acid groups (broad SMARTS) is 1. The third-order valence-corrected chi connectivity index (χ3v) is 5.00. The Labute approximate surface area is 199 Å². The lowest BCUT2D eigenvalue weighted by molar-refractivity contribution is -0.137. The number of carboxylic acids is 1. The highest BCUT2D eigenvalue weighted by Gasteiger charge is 2.20. The van der Waals surface area contributed by atoms with Gasteiger partial charge in [0.15, 0.2) is 5.11 Å². The zero-order valence-corrected chi connectivity index (χ0v) is 19.0. The summed E-state index contributed by atoms with van der Waals surface area (Å²) in [5.74, 6) is -0.709. The van der Waals surface area contributed by atoms with Gasteiger partial charge in [-0.1, -0.05) is 29.3 Å². The van der Waals surface area contributed by atoms with Crippen molar-refractivity contribution in [2.45, 2.75) is 19.4 Å². The Morgan fingerprint density at radius 3 is 2.53 bits per heavy atom. The van der Waals surface area contributed by atoms with E-state index in [0.29, 0.717) is 32.8 Å². The molecular formula is C21H18Cl2FN5O2S. The molecule has 166 valence electrons. The summed E-state index contributed by atoms with van der Waals surface area (Å²) in [6, 6.07) is 11.6. The van der Waals surface area contributed by atoms with Crippen LogP contribution in [0.2, 0.25) is 10.0 Å². The van der Waals surface area contributed by atoms with Crippen LogP contribution >= 0.6 is 35.4 Å². The Hall–Kier alpha value is -3.01. The monoisotopic (exact) mass is 493 g/mol. The van der Waals surface area contributed by atoms with E-state index in [-0.39, 0.29) is 23.3 Å². The van der Waals surface area contributed by atoms with E-state index in [1.54, 1.807) is 37.3 Å². The summed E-state index contributed by atoms with van der Waals surface area (Å²) in [6.45, 7) is 1.78. The lowest BCUT2D eigenvalue weighted by Crippen LogP contribution is -2.34. The fraction of sp³-hybridized carbons (Fsp3) is 0.143. The van der Waals surface area contributed by atoms with Crippen LogP contribution in [0.3, 0.4) is 0 Å². The van der Waals surface area contributed by atoms with Crippen LogP contribution in [0.5, 0.6) is 0 Å². The van der Waals surface area contributed by atoms with Gasteiger partial charge in [-0.15, -0.1) is 0 Å². The topological polar surface area (TPSA) is 99.2 Å². The average molecular weight is 494 g/mol. The smallest absolute Gasteiger partial charge is 0.305 e. The molecule has 0 aliphatic rings. The maximum absolute atomic E-state index is 13.1. The van der Waals surface area contributed by atoms with Gasteiger partial charge in [0.05, 0.1) is 12.5 Å². The number of halogens is 3. The average Bonchev–Trinajstić information content (AvgIpc) is 2.68. The molecule has 4 N–H and O–H groups in total. The lowest BCUT2D eigenvalue weighted by atomic mass is 10.0. The third kappa shape index (κ3) is 6.74. The van der Waals surface area contributed by atoms with Gasteiger partial charge in [-0.3, -0.25) is 4.79 Å². The van der Waals surface area contributed by atoms with Gasteiger partial charge in [-0.25, -0.2) is 9.37 Å². The Morgan fingerprint density at radius 1 is 1.16 bits per heavy atom. The fourth-order valence-corrected chi connectivity index (χ4v) is 3.64. The van der Waals surface area contributed by atoms with Crippen LogP contribution in [-0.2, 0) is 4.79 Å². The van der Waals surface area contributed by atoms with Crippen LogP contribution in [0.25, 0.3) is 0 Å². The molecule has 11 heteroatoms. The first-order chi connectivity index (χ1) is 15.2. The summed E-state index contributed by atoms with van der Waals surface area (Å²) in [5, 5.41) is 19.0. The number of aromatic nitrogens is 2. The summed E-state index contributed by atoms with van der Waals surface area (Å²) in [4.78, 5) is 20.0. The summed E-state index contributed by atoms with van der Waals surface area (Å²) < 4.78 is 13.1. The van der Waals surface area contributed by atoms with Gasteiger partial charge in [0.1, 0.15) is 11.6 Å². The van der Waals surface area contributed by atoms with Crippen molar-refractivity contribution >= 4 is 64.0 Å². The number of carbonyl (C=O) groups is 1. The first-order valence-electron chi connectivity index (χ1n) is 9.32. The van der Waals surface area contributed by atoms with Crippen LogP contribution in [-0.4, -0.2) is 26.2 Å². The molecule has 0 amide bonds. The number of thiocarbonyl (C=S) groups is 1. The van der Waals surface area contributed by atoms with Gasteiger partial charge >= 0.3 is 5.97 Å². The summed E-state index contributed by atoms with van der Waals surface area (Å²) >= 11 is 17.5. The minimum Gasteiger partial charge on any atom is -0.481 e. The highest BCUT2D eigenvalue weighted by molar-refractivity contribution is 7.80. The molecule has 1 unspecified atom stereocenters. The van der Waals surface area contributed by atoms with Gasteiger partial charge in [-0.2, -0.15) is 4.98 Å². The standard InChI is InChI=1S/C21H18Cl2FN5O2S/c1-11-8-18(26-14-5-3-13(24)4-6-14)28-20(25-11)29-21(32)27-17(10-19(30)31)15-7-2-12(22)9-16(15)23/h2-9,17H,10H2,1H3,(H,30,31)(H3,25,26,27,28,29,32). The van der Waals surface area contributed by atoms with Crippen molar-refractivity contribution in [1.29, 1.82) is 0 Å². The van der Waals surface area contributed by atoms with Crippen LogP contribution in [0.4, 0.5) is 21.8 Å². The van der Waals surface area contributed by atoms with Gasteiger partial charge in [0.2, 0.25) is 5.95 Å². The third-order valence-electron chi connectivity index (χ3n) is 4.22. The zero-order valence-electron chi connectivity index (χ0n) is 16.7. The van der Waals surface area contributed by atoms with Gasteiger partial charge in [0.25, 0.3) is 0 Å². The molecule has 0 aliphatic carbocycles. The summed E-state index contributed by atoms with van der Waals surface area (Å²) in [5.41, 5.74) is 1.83. The number of rotatable bonds is 7. The van der Waals surface area contributed by atoms with Crippen molar-refractivity contribution in [2.24, 2.45) is 0 Å². The normalized spacial score (nSPS) is 11.5. The van der Waals surface area contributed by atoms with Crippen molar-refractivity contribution < 1.29 is 14.3 Å². The van der Waals surface area contributed by atoms with Crippen LogP contribution in [0, 0.1) is 12.7 Å². The second-order valence-electron chi connectivity index (χ2n) is 6.76. The molecule has 0 aliphatic heterocycles. The molecule has 1 atom stereocenters. The van der Waals surface area contributed by atoms with E-state index in [1.165, 1.54) is 18.2 Å². The van der Waals surface area contributed by atoms with Crippen LogP contribution in [0.1, 0.15) is 23.7 Å². The minimum absolute atomic E-state index is 0.112. The lowest BCUT2D eigenvalue weighted by Gasteiger charge is -2.21.